The maximum absolute atomic E-state index is 12.1. The van der Waals surface area contributed by atoms with Gasteiger partial charge in [0.1, 0.15) is 5.75 Å². The molecule has 0 aromatic heterocycles. The Balaban J connectivity index is 1.95. The molecule has 1 unspecified atom stereocenters. The number of rotatable bonds is 5. The van der Waals surface area contributed by atoms with E-state index in [4.69, 9.17) is 17.0 Å². The normalized spacial score (nSPS) is 11.5. The molecule has 0 saturated carbocycles. The van der Waals surface area contributed by atoms with Crippen molar-refractivity contribution in [2.75, 3.05) is 5.32 Å². The summed E-state index contributed by atoms with van der Waals surface area (Å²) in [6.45, 7) is 4.09. The highest BCUT2D eigenvalue weighted by Crippen LogP contribution is 2.19. The molecule has 0 aliphatic rings. The second-order valence-electron chi connectivity index (χ2n) is 5.28. The number of benzene rings is 2. The van der Waals surface area contributed by atoms with Gasteiger partial charge in [0.25, 0.3) is 5.91 Å². The first-order chi connectivity index (χ1) is 11.5. The maximum atomic E-state index is 12.1. The van der Waals surface area contributed by atoms with E-state index in [0.29, 0.717) is 5.56 Å². The van der Waals surface area contributed by atoms with Crippen molar-refractivity contribution in [1.29, 1.82) is 0 Å². The molecule has 0 spiro atoms. The molecule has 2 aromatic rings. The van der Waals surface area contributed by atoms with E-state index in [-0.39, 0.29) is 17.1 Å². The van der Waals surface area contributed by atoms with Crippen LogP contribution in [0.25, 0.3) is 0 Å². The summed E-state index contributed by atoms with van der Waals surface area (Å²) < 4.78 is 6.69. The van der Waals surface area contributed by atoms with Crippen LogP contribution in [0, 0.1) is 0 Å². The number of hydrogen-bond donors (Lipinski definition) is 2. The van der Waals surface area contributed by atoms with Crippen LogP contribution >= 0.6 is 28.1 Å². The van der Waals surface area contributed by atoms with Gasteiger partial charge in [0.2, 0.25) is 0 Å². The van der Waals surface area contributed by atoms with Crippen LogP contribution in [0.2, 0.25) is 0 Å². The first-order valence-corrected chi connectivity index (χ1v) is 8.82. The molecule has 0 aliphatic carbocycles. The van der Waals surface area contributed by atoms with Crippen molar-refractivity contribution in [1.82, 2.24) is 5.32 Å². The molecule has 6 heteroatoms. The summed E-state index contributed by atoms with van der Waals surface area (Å²) >= 11 is 8.54. The van der Waals surface area contributed by atoms with Gasteiger partial charge in [0, 0.05) is 21.8 Å². The quantitative estimate of drug-likeness (QED) is 0.703. The van der Waals surface area contributed by atoms with Gasteiger partial charge < -0.3 is 10.1 Å². The zero-order valence-electron chi connectivity index (χ0n) is 13.5. The number of halogens is 1. The lowest BCUT2D eigenvalue weighted by Gasteiger charge is -2.14. The summed E-state index contributed by atoms with van der Waals surface area (Å²) in [5.74, 6) is 0.503. The Labute approximate surface area is 155 Å². The minimum absolute atomic E-state index is 0.143. The lowest BCUT2D eigenvalue weighted by molar-refractivity contribution is 0.0977. The van der Waals surface area contributed by atoms with Crippen LogP contribution in [0.15, 0.2) is 53.0 Å². The molecule has 1 atom stereocenters. The number of anilines is 1. The molecule has 24 heavy (non-hydrogen) atoms. The van der Waals surface area contributed by atoms with Gasteiger partial charge in [-0.3, -0.25) is 10.1 Å². The number of nitrogens with one attached hydrogen (secondary N) is 2. The molecule has 1 amide bonds. The highest BCUT2D eigenvalue weighted by Gasteiger charge is 2.08. The topological polar surface area (TPSA) is 50.4 Å². The molecule has 126 valence electrons. The van der Waals surface area contributed by atoms with Gasteiger partial charge in [-0.15, -0.1) is 0 Å². The Morgan fingerprint density at radius 2 is 1.96 bits per heavy atom. The highest BCUT2D eigenvalue weighted by atomic mass is 79.9. The molecule has 2 rings (SSSR count). The Kier molecular flexibility index (Phi) is 6.75. The van der Waals surface area contributed by atoms with Crippen LogP contribution in [0.4, 0.5) is 5.69 Å². The van der Waals surface area contributed by atoms with Crippen LogP contribution in [0.1, 0.15) is 30.6 Å². The first-order valence-electron chi connectivity index (χ1n) is 7.62. The lowest BCUT2D eigenvalue weighted by Crippen LogP contribution is -2.34. The summed E-state index contributed by atoms with van der Waals surface area (Å²) in [5, 5.41) is 5.90. The number of amides is 1. The smallest absolute Gasteiger partial charge is 0.257 e. The summed E-state index contributed by atoms with van der Waals surface area (Å²) in [6.07, 6.45) is 1.07. The van der Waals surface area contributed by atoms with E-state index in [2.05, 4.69) is 33.5 Å². The minimum Gasteiger partial charge on any atom is -0.491 e. The van der Waals surface area contributed by atoms with E-state index >= 15 is 0 Å². The first kappa shape index (κ1) is 18.4. The standard InChI is InChI=1S/C18H19BrN2O2S/c1-3-12(2)23-16-6-4-5-15(11-16)20-18(24)21-17(22)13-7-9-14(19)10-8-13/h4-12H,3H2,1-2H3,(H2,20,21,22,24). The predicted octanol–water partition coefficient (Wildman–Crippen LogP) is 4.75. The van der Waals surface area contributed by atoms with E-state index < -0.39 is 0 Å². The van der Waals surface area contributed by atoms with E-state index in [0.717, 1.165) is 22.3 Å². The SMILES string of the molecule is CCC(C)Oc1cccc(NC(=S)NC(=O)c2ccc(Br)cc2)c1. The predicted molar refractivity (Wildman–Crippen MR) is 105 cm³/mol. The monoisotopic (exact) mass is 406 g/mol. The fraction of sp³-hybridized carbons (Fsp3) is 0.222. The van der Waals surface area contributed by atoms with Crippen LogP contribution in [-0.4, -0.2) is 17.1 Å². The maximum Gasteiger partial charge on any atom is 0.257 e. The second kappa shape index (κ2) is 8.80. The summed E-state index contributed by atoms with van der Waals surface area (Å²) in [7, 11) is 0. The number of ether oxygens (including phenoxy) is 1. The molecule has 4 nitrogen and oxygen atoms in total. The molecule has 0 fully saturated rings. The van der Waals surface area contributed by atoms with Gasteiger partial charge >= 0.3 is 0 Å². The summed E-state index contributed by atoms with van der Waals surface area (Å²) in [5.41, 5.74) is 1.30. The van der Waals surface area contributed by atoms with Crippen molar-refractivity contribution >= 4 is 44.9 Å². The van der Waals surface area contributed by atoms with Gasteiger partial charge in [0.05, 0.1) is 6.10 Å². The Morgan fingerprint density at radius 1 is 1.25 bits per heavy atom. The second-order valence-corrected chi connectivity index (χ2v) is 6.60. The van der Waals surface area contributed by atoms with Gasteiger partial charge in [-0.2, -0.15) is 0 Å². The van der Waals surface area contributed by atoms with Crippen LogP contribution < -0.4 is 15.4 Å². The van der Waals surface area contributed by atoms with Crippen LogP contribution in [0.3, 0.4) is 0 Å². The third-order valence-corrected chi connectivity index (χ3v) is 4.07. The molecule has 0 saturated heterocycles. The van der Waals surface area contributed by atoms with E-state index in [1.807, 2.05) is 31.2 Å². The average Bonchev–Trinajstić information content (AvgIpc) is 2.55. The zero-order chi connectivity index (χ0) is 17.5. The van der Waals surface area contributed by atoms with Crippen LogP contribution in [0.5, 0.6) is 5.75 Å². The Hall–Kier alpha value is -1.92. The van der Waals surface area contributed by atoms with Gasteiger partial charge in [0.15, 0.2) is 5.11 Å². The zero-order valence-corrected chi connectivity index (χ0v) is 15.9. The molecule has 2 N–H and O–H groups in total. The van der Waals surface area contributed by atoms with Crippen molar-refractivity contribution in [2.45, 2.75) is 26.4 Å². The number of carbonyl (C=O) groups is 1. The Morgan fingerprint density at radius 3 is 2.62 bits per heavy atom. The molecule has 0 bridgehead atoms. The number of hydrogen-bond acceptors (Lipinski definition) is 3. The van der Waals surface area contributed by atoms with Gasteiger partial charge in [-0.1, -0.05) is 28.9 Å². The summed E-state index contributed by atoms with van der Waals surface area (Å²) in [6, 6.07) is 14.5. The molecule has 0 aliphatic heterocycles. The fourth-order valence-corrected chi connectivity index (χ4v) is 2.38. The van der Waals surface area contributed by atoms with Gasteiger partial charge in [-0.25, -0.2) is 0 Å². The van der Waals surface area contributed by atoms with E-state index in [1.54, 1.807) is 24.3 Å². The molecule has 0 heterocycles. The lowest BCUT2D eigenvalue weighted by atomic mass is 10.2. The number of thiocarbonyl (C=S) groups is 1. The largest absolute Gasteiger partial charge is 0.491 e. The average molecular weight is 407 g/mol. The molecular weight excluding hydrogens is 388 g/mol. The third kappa shape index (κ3) is 5.62. The molecule has 0 radical (unpaired) electrons. The van der Waals surface area contributed by atoms with Crippen molar-refractivity contribution < 1.29 is 9.53 Å². The van der Waals surface area contributed by atoms with Crippen molar-refractivity contribution in [3.05, 3.63) is 58.6 Å². The highest BCUT2D eigenvalue weighted by molar-refractivity contribution is 9.10. The fourth-order valence-electron chi connectivity index (χ4n) is 1.90. The Bertz CT molecular complexity index is 719. The van der Waals surface area contributed by atoms with E-state index in [1.165, 1.54) is 0 Å². The van der Waals surface area contributed by atoms with Crippen LogP contribution in [-0.2, 0) is 0 Å². The summed E-state index contributed by atoms with van der Waals surface area (Å²) in [4.78, 5) is 12.1. The molecular formula is C18H19BrN2O2S. The van der Waals surface area contributed by atoms with Gasteiger partial charge in [-0.05, 0) is 62.0 Å². The van der Waals surface area contributed by atoms with Crippen molar-refractivity contribution in [2.24, 2.45) is 0 Å². The minimum atomic E-state index is -0.257. The molecule has 2 aromatic carbocycles. The third-order valence-electron chi connectivity index (χ3n) is 3.34. The van der Waals surface area contributed by atoms with Crippen molar-refractivity contribution in [3.8, 4) is 5.75 Å². The van der Waals surface area contributed by atoms with E-state index in [9.17, 15) is 4.79 Å². The van der Waals surface area contributed by atoms with Crippen molar-refractivity contribution in [3.63, 3.8) is 0 Å². The number of carbonyl (C=O) groups excluding carboxylic acids is 1.